The summed E-state index contributed by atoms with van der Waals surface area (Å²) in [4.78, 5) is 92.2. The molecule has 2 aliphatic rings. The maximum absolute atomic E-state index is 14.0. The monoisotopic (exact) mass is 894 g/mol. The second-order valence-electron chi connectivity index (χ2n) is 14.0. The lowest BCUT2D eigenvalue weighted by atomic mass is 9.99. The molecule has 2 heterocycles. The van der Waals surface area contributed by atoms with E-state index < -0.39 is 129 Å². The number of hydrogen-bond acceptors (Lipinski definition) is 17. The van der Waals surface area contributed by atoms with Gasteiger partial charge >= 0.3 is 0 Å². The van der Waals surface area contributed by atoms with Gasteiger partial charge in [-0.2, -0.15) is 0 Å². The van der Waals surface area contributed by atoms with Gasteiger partial charge in [0.05, 0.1) is 32.3 Å². The van der Waals surface area contributed by atoms with Crippen LogP contribution in [0.4, 0.5) is 0 Å². The molecule has 7 amide bonds. The molecule has 0 aliphatic carbocycles. The Kier molecular flexibility index (Phi) is 19.0. The van der Waals surface area contributed by atoms with Gasteiger partial charge in [-0.25, -0.2) is 0 Å². The fourth-order valence-electron chi connectivity index (χ4n) is 5.87. The molecule has 2 aromatic carbocycles. The maximum atomic E-state index is 14.0. The predicted molar refractivity (Wildman–Crippen MR) is 218 cm³/mol. The van der Waals surface area contributed by atoms with Gasteiger partial charge in [-0.15, -0.1) is 0 Å². The zero-order valence-corrected chi connectivity index (χ0v) is 34.1. The minimum Gasteiger partial charge on any atom is -0.508 e. The highest BCUT2D eigenvalue weighted by atomic mass is 33.1. The van der Waals surface area contributed by atoms with Gasteiger partial charge in [0.25, 0.3) is 0 Å². The third-order valence-corrected chi connectivity index (χ3v) is 11.7. The molecule has 334 valence electrons. The summed E-state index contributed by atoms with van der Waals surface area (Å²) >= 11 is 0. The number of aliphatic hydroxyl groups is 4. The number of nitrogens with one attached hydrogen (secondary N) is 6. The Labute approximate surface area is 357 Å². The first-order valence-electron chi connectivity index (χ1n) is 18.8. The van der Waals surface area contributed by atoms with Crippen LogP contribution < -0.4 is 43.4 Å². The van der Waals surface area contributed by atoms with Gasteiger partial charge in [0, 0.05) is 17.9 Å². The Morgan fingerprint density at radius 3 is 2.25 bits per heavy atom. The summed E-state index contributed by atoms with van der Waals surface area (Å²) in [6.07, 6.45) is -8.46. The van der Waals surface area contributed by atoms with E-state index in [1.54, 1.807) is 42.5 Å². The van der Waals surface area contributed by atoms with E-state index in [0.29, 0.717) is 11.1 Å². The summed E-state index contributed by atoms with van der Waals surface area (Å²) < 4.78 is 10.8. The second kappa shape index (κ2) is 23.8. The molecule has 22 nitrogen and oxygen atoms in total. The summed E-state index contributed by atoms with van der Waals surface area (Å²) in [6, 6.07) is 7.85. The van der Waals surface area contributed by atoms with Crippen molar-refractivity contribution in [1.29, 1.82) is 0 Å². The van der Waals surface area contributed by atoms with Gasteiger partial charge in [0.15, 0.2) is 6.29 Å². The lowest BCUT2D eigenvalue weighted by Gasteiger charge is -2.40. The standard InChI is InChI=1S/C37H50N8O14S2/c38-21(10-19-6-8-20(47)9-7-19)32(53)44-24-16-60-61-17-25(45-35(56)22(11-18-4-2-1-3-5-18)42-28(49)13-41-34(24)55)36(57)43-23(33(54)40-12-27(39)48)15-58-37-31(52)30(51)29(50)26(14-46)59-37/h1-9,21-26,29-31,37,46-47,50-52H,10-17,38H2,(H2,39,48)(H,40,54)(H,41,55)(H,42,49)(H,43,57)(H,44,53)(H,45,56)/t21-,22-,23-,24+,25+,26+,29+,30-,31+,37-/m0/s1. The van der Waals surface area contributed by atoms with Crippen molar-refractivity contribution >= 4 is 62.9 Å². The number of hydrogen-bond donors (Lipinski definition) is 13. The number of phenolic OH excluding ortho intramolecular Hbond substituents is 1. The number of primary amides is 1. The van der Waals surface area contributed by atoms with E-state index in [9.17, 15) is 59.1 Å². The fourth-order valence-corrected chi connectivity index (χ4v) is 8.20. The Morgan fingerprint density at radius 2 is 1.57 bits per heavy atom. The number of carbonyl (C=O) groups is 7. The number of phenols is 1. The quantitative estimate of drug-likeness (QED) is 0.0741. The lowest BCUT2D eigenvalue weighted by molar-refractivity contribution is -0.301. The molecular weight excluding hydrogens is 845 g/mol. The van der Waals surface area contributed by atoms with Gasteiger partial charge in [-0.1, -0.05) is 64.1 Å². The molecule has 10 atom stereocenters. The zero-order chi connectivity index (χ0) is 44.6. The number of aliphatic hydroxyl groups excluding tert-OH is 4. The first-order chi connectivity index (χ1) is 29.1. The molecule has 0 aromatic heterocycles. The molecule has 2 aliphatic heterocycles. The van der Waals surface area contributed by atoms with Crippen LogP contribution in [0, 0.1) is 0 Å². The van der Waals surface area contributed by atoms with Crippen LogP contribution in [0.25, 0.3) is 0 Å². The first-order valence-corrected chi connectivity index (χ1v) is 21.3. The van der Waals surface area contributed by atoms with Crippen molar-refractivity contribution in [3.05, 3.63) is 65.7 Å². The van der Waals surface area contributed by atoms with Crippen molar-refractivity contribution in [2.24, 2.45) is 11.5 Å². The number of benzene rings is 2. The Morgan fingerprint density at radius 1 is 0.885 bits per heavy atom. The van der Waals surface area contributed by atoms with Gasteiger partial charge in [-0.3, -0.25) is 33.6 Å². The molecule has 61 heavy (non-hydrogen) atoms. The van der Waals surface area contributed by atoms with Gasteiger partial charge < -0.3 is 78.4 Å². The summed E-state index contributed by atoms with van der Waals surface area (Å²) in [6.45, 7) is -2.81. The van der Waals surface area contributed by atoms with Crippen LogP contribution in [0.5, 0.6) is 5.75 Å². The molecule has 2 fully saturated rings. The average molecular weight is 895 g/mol. The van der Waals surface area contributed by atoms with Crippen LogP contribution in [0.15, 0.2) is 54.6 Å². The highest BCUT2D eigenvalue weighted by Crippen LogP contribution is 2.25. The SMILES string of the molecule is NC(=O)CNC(=O)[C@H](CO[C@H]1O[C@H](CO)[C@@H](O)[C@H](O)[C@H]1O)NC(=O)[C@H]1CSSC[C@@H](NC(=O)[C@@H](N)Cc2ccc(O)cc2)C(=O)NCC(=O)N[C@@H](Cc2ccccc2)C(=O)N1. The van der Waals surface area contributed by atoms with Crippen LogP contribution in [0.2, 0.25) is 0 Å². The number of ether oxygens (including phenoxy) is 2. The Bertz CT molecular complexity index is 1830. The third kappa shape index (κ3) is 15.1. The molecule has 2 saturated heterocycles. The van der Waals surface area contributed by atoms with Crippen LogP contribution in [0.3, 0.4) is 0 Å². The van der Waals surface area contributed by atoms with Gasteiger partial charge in [-0.05, 0) is 29.7 Å². The van der Waals surface area contributed by atoms with E-state index in [-0.39, 0.29) is 30.1 Å². The van der Waals surface area contributed by atoms with Crippen LogP contribution in [-0.2, 0) is 55.9 Å². The smallest absolute Gasteiger partial charge is 0.245 e. The van der Waals surface area contributed by atoms with Crippen LogP contribution in [0.1, 0.15) is 11.1 Å². The predicted octanol–water partition coefficient (Wildman–Crippen LogP) is -5.63. The van der Waals surface area contributed by atoms with Crippen molar-refractivity contribution < 1.29 is 68.6 Å². The molecule has 0 unspecified atom stereocenters. The normalized spacial score (nSPS) is 26.2. The van der Waals surface area contributed by atoms with E-state index in [0.717, 1.165) is 21.6 Å². The molecule has 2 aromatic rings. The second-order valence-corrected chi connectivity index (χ2v) is 16.5. The van der Waals surface area contributed by atoms with Gasteiger partial charge in [0.2, 0.25) is 41.4 Å². The molecule has 24 heteroatoms. The summed E-state index contributed by atoms with van der Waals surface area (Å²) in [5.41, 5.74) is 12.6. The summed E-state index contributed by atoms with van der Waals surface area (Å²) in [7, 11) is 2.03. The van der Waals surface area contributed by atoms with Crippen molar-refractivity contribution in [3.63, 3.8) is 0 Å². The number of nitrogens with two attached hydrogens (primary N) is 2. The maximum Gasteiger partial charge on any atom is 0.245 e. The molecule has 0 radical (unpaired) electrons. The summed E-state index contributed by atoms with van der Waals surface area (Å²) in [5.74, 6) is -6.26. The third-order valence-electron chi connectivity index (χ3n) is 9.25. The van der Waals surface area contributed by atoms with E-state index >= 15 is 0 Å². The Balaban J connectivity index is 1.55. The fraction of sp³-hybridized carbons (Fsp3) is 0.486. The highest BCUT2D eigenvalue weighted by molar-refractivity contribution is 8.76. The molecule has 15 N–H and O–H groups in total. The number of aromatic hydroxyl groups is 1. The Hall–Kier alpha value is -5.05. The van der Waals surface area contributed by atoms with Crippen LogP contribution in [-0.4, -0.2) is 166 Å². The molecule has 0 spiro atoms. The topological polar surface area (TPSA) is 363 Å². The van der Waals surface area contributed by atoms with Gasteiger partial charge in [0.1, 0.15) is 54.3 Å². The number of carbonyl (C=O) groups excluding carboxylic acids is 7. The van der Waals surface area contributed by atoms with Crippen molar-refractivity contribution in [3.8, 4) is 5.75 Å². The number of amides is 7. The zero-order valence-electron chi connectivity index (χ0n) is 32.5. The molecule has 0 saturated carbocycles. The highest BCUT2D eigenvalue weighted by Gasteiger charge is 2.44. The largest absolute Gasteiger partial charge is 0.508 e. The molecule has 4 rings (SSSR count). The minimum atomic E-state index is -1.86. The van der Waals surface area contributed by atoms with E-state index in [1.165, 1.54) is 12.1 Å². The molecular formula is C37H50N8O14S2. The lowest BCUT2D eigenvalue weighted by Crippen LogP contribution is -2.61. The molecule has 0 bridgehead atoms. The van der Waals surface area contributed by atoms with Crippen molar-refractivity contribution in [2.45, 2.75) is 73.8 Å². The van der Waals surface area contributed by atoms with Crippen molar-refractivity contribution in [1.82, 2.24) is 31.9 Å². The van der Waals surface area contributed by atoms with E-state index in [1.807, 2.05) is 0 Å². The first kappa shape index (κ1) is 48.6. The van der Waals surface area contributed by atoms with E-state index in [2.05, 4.69) is 31.9 Å². The summed E-state index contributed by atoms with van der Waals surface area (Å²) in [5, 5.41) is 64.7. The average Bonchev–Trinajstić information content (AvgIpc) is 3.24. The number of rotatable bonds is 15. The van der Waals surface area contributed by atoms with Crippen LogP contribution >= 0.6 is 21.6 Å². The van der Waals surface area contributed by atoms with Crippen molar-refractivity contribution in [2.75, 3.05) is 37.8 Å². The minimum absolute atomic E-state index is 0.0220. The van der Waals surface area contributed by atoms with E-state index in [4.69, 9.17) is 20.9 Å².